The maximum absolute atomic E-state index is 13.2. The molecule has 2 aromatic carbocycles. The minimum absolute atomic E-state index is 0.276. The molecule has 7 nitrogen and oxygen atoms in total. The number of rotatable bonds is 5. The number of aromatic nitrogens is 2. The van der Waals surface area contributed by atoms with Gasteiger partial charge in [0.1, 0.15) is 0 Å². The van der Waals surface area contributed by atoms with Crippen molar-refractivity contribution in [1.29, 1.82) is 0 Å². The Balaban J connectivity index is 1.54. The van der Waals surface area contributed by atoms with E-state index >= 15 is 0 Å². The quantitative estimate of drug-likeness (QED) is 0.340. The third kappa shape index (κ3) is 3.99. The van der Waals surface area contributed by atoms with Crippen LogP contribution in [0.5, 0.6) is 0 Å². The molecule has 0 radical (unpaired) electrons. The summed E-state index contributed by atoms with van der Waals surface area (Å²) < 4.78 is 1.03. The van der Waals surface area contributed by atoms with Gasteiger partial charge in [-0.1, -0.05) is 42.5 Å². The van der Waals surface area contributed by atoms with E-state index in [9.17, 15) is 9.59 Å². The predicted octanol–water partition coefficient (Wildman–Crippen LogP) is 5.20. The van der Waals surface area contributed by atoms with Gasteiger partial charge in [-0.2, -0.15) is 0 Å². The second kappa shape index (κ2) is 8.68. The number of carbonyl (C=O) groups excluding carboxylic acids is 2. The van der Waals surface area contributed by atoms with Gasteiger partial charge in [0.15, 0.2) is 5.82 Å². The highest BCUT2D eigenvalue weighted by molar-refractivity contribution is 7.17. The number of anilines is 3. The van der Waals surface area contributed by atoms with Crippen LogP contribution in [0, 0.1) is 0 Å². The molecule has 0 aliphatic heterocycles. The van der Waals surface area contributed by atoms with Crippen LogP contribution in [0.3, 0.4) is 0 Å². The number of fused-ring (bicyclic) bond motifs is 2. The Kier molecular flexibility index (Phi) is 5.42. The van der Waals surface area contributed by atoms with Gasteiger partial charge in [0, 0.05) is 45.7 Å². The van der Waals surface area contributed by atoms with Crippen molar-refractivity contribution in [1.82, 2.24) is 15.3 Å². The molecule has 3 aromatic heterocycles. The average molecular weight is 454 g/mol. The zero-order valence-electron chi connectivity index (χ0n) is 17.6. The lowest BCUT2D eigenvalue weighted by Gasteiger charge is -2.14. The zero-order valence-corrected chi connectivity index (χ0v) is 18.4. The van der Waals surface area contributed by atoms with Crippen LogP contribution < -0.4 is 16.0 Å². The summed E-state index contributed by atoms with van der Waals surface area (Å²) >= 11 is 1.51. The Hall–Kier alpha value is -4.30. The van der Waals surface area contributed by atoms with Crippen molar-refractivity contribution < 1.29 is 9.59 Å². The maximum atomic E-state index is 13.2. The highest BCUT2D eigenvalue weighted by Crippen LogP contribution is 2.31. The number of nitrogens with one attached hydrogen (secondary N) is 3. The van der Waals surface area contributed by atoms with Gasteiger partial charge in [0.25, 0.3) is 11.8 Å². The minimum Gasteiger partial charge on any atom is -0.355 e. The number of hydrogen-bond donors (Lipinski definition) is 3. The summed E-state index contributed by atoms with van der Waals surface area (Å²) in [7, 11) is 1.55. The predicted molar refractivity (Wildman–Crippen MR) is 132 cm³/mol. The van der Waals surface area contributed by atoms with Crippen molar-refractivity contribution in [2.75, 3.05) is 17.7 Å². The molecule has 8 heteroatoms. The first-order valence-corrected chi connectivity index (χ1v) is 11.1. The first kappa shape index (κ1) is 20.6. The van der Waals surface area contributed by atoms with Gasteiger partial charge < -0.3 is 16.0 Å². The van der Waals surface area contributed by atoms with Gasteiger partial charge in [-0.3, -0.25) is 14.6 Å². The van der Waals surface area contributed by atoms with Gasteiger partial charge in [-0.05, 0) is 12.1 Å². The summed E-state index contributed by atoms with van der Waals surface area (Å²) in [6, 6.07) is 17.2. The molecule has 0 spiro atoms. The topological polar surface area (TPSA) is 96.0 Å². The Morgan fingerprint density at radius 1 is 0.879 bits per heavy atom. The van der Waals surface area contributed by atoms with Crippen molar-refractivity contribution in [3.8, 4) is 0 Å². The molecule has 0 saturated heterocycles. The number of carbonyl (C=O) groups is 2. The van der Waals surface area contributed by atoms with Crippen LogP contribution in [0.1, 0.15) is 20.7 Å². The van der Waals surface area contributed by atoms with Gasteiger partial charge in [-0.25, -0.2) is 4.98 Å². The molecule has 0 aliphatic rings. The van der Waals surface area contributed by atoms with Crippen LogP contribution in [-0.2, 0) is 0 Å². The van der Waals surface area contributed by atoms with Crippen LogP contribution in [0.2, 0.25) is 0 Å². The Morgan fingerprint density at radius 3 is 2.52 bits per heavy atom. The van der Waals surface area contributed by atoms with Gasteiger partial charge in [-0.15, -0.1) is 11.3 Å². The number of hydrogen-bond acceptors (Lipinski definition) is 6. The van der Waals surface area contributed by atoms with E-state index in [0.29, 0.717) is 22.6 Å². The molecule has 33 heavy (non-hydrogen) atoms. The number of amides is 2. The molecule has 0 bridgehead atoms. The van der Waals surface area contributed by atoms with Crippen LogP contribution >= 0.6 is 11.3 Å². The molecule has 3 N–H and O–H groups in total. The summed E-state index contributed by atoms with van der Waals surface area (Å²) in [6.07, 6.45) is 4.96. The van der Waals surface area contributed by atoms with Crippen LogP contribution in [0.15, 0.2) is 78.6 Å². The number of benzene rings is 2. The van der Waals surface area contributed by atoms with E-state index in [-0.39, 0.29) is 11.8 Å². The summed E-state index contributed by atoms with van der Waals surface area (Å²) in [6.45, 7) is 0. The molecule has 0 aliphatic carbocycles. The standard InChI is InChI=1S/C25H19N5O2S/c1-26-24(31)16-10-20(30-25(32)19-14-33-22-9-5-4-8-18(19)22)23(28-12-16)29-21-13-27-11-15-6-2-3-7-17(15)21/h2-14H,1H3,(H,26,31)(H,28,29)(H,30,32). The van der Waals surface area contributed by atoms with Gasteiger partial charge in [0.05, 0.1) is 28.7 Å². The van der Waals surface area contributed by atoms with Crippen molar-refractivity contribution in [3.05, 3.63) is 89.7 Å². The average Bonchev–Trinajstić information content (AvgIpc) is 3.29. The molecule has 0 saturated carbocycles. The Labute approximate surface area is 193 Å². The lowest BCUT2D eigenvalue weighted by atomic mass is 10.1. The van der Waals surface area contributed by atoms with Crippen LogP contribution in [0.25, 0.3) is 20.9 Å². The second-order valence-corrected chi connectivity index (χ2v) is 8.24. The van der Waals surface area contributed by atoms with Crippen molar-refractivity contribution in [2.24, 2.45) is 0 Å². The first-order valence-electron chi connectivity index (χ1n) is 10.2. The monoisotopic (exact) mass is 453 g/mol. The molecule has 5 rings (SSSR count). The number of pyridine rings is 2. The van der Waals surface area contributed by atoms with E-state index in [1.54, 1.807) is 25.5 Å². The third-order valence-electron chi connectivity index (χ3n) is 5.27. The van der Waals surface area contributed by atoms with E-state index in [1.807, 2.05) is 53.9 Å². The highest BCUT2D eigenvalue weighted by atomic mass is 32.1. The van der Waals surface area contributed by atoms with Gasteiger partial charge in [0.2, 0.25) is 0 Å². The molecule has 0 fully saturated rings. The Bertz CT molecular complexity index is 1510. The van der Waals surface area contributed by atoms with Crippen LogP contribution in [-0.4, -0.2) is 28.8 Å². The number of thiophene rings is 1. The summed E-state index contributed by atoms with van der Waals surface area (Å²) in [5.74, 6) is -0.159. The van der Waals surface area contributed by atoms with Gasteiger partial charge >= 0.3 is 0 Å². The smallest absolute Gasteiger partial charge is 0.257 e. The lowest BCUT2D eigenvalue weighted by molar-refractivity contribution is 0.0961. The van der Waals surface area contributed by atoms with E-state index in [2.05, 4.69) is 25.9 Å². The molecule has 5 aromatic rings. The summed E-state index contributed by atoms with van der Waals surface area (Å²) in [4.78, 5) is 34.1. The summed E-state index contributed by atoms with van der Waals surface area (Å²) in [5, 5.41) is 13.4. The van der Waals surface area contributed by atoms with E-state index in [4.69, 9.17) is 0 Å². The fraction of sp³-hybridized carbons (Fsp3) is 0.0400. The largest absolute Gasteiger partial charge is 0.355 e. The van der Waals surface area contributed by atoms with E-state index in [0.717, 1.165) is 26.5 Å². The summed E-state index contributed by atoms with van der Waals surface area (Å²) in [5.41, 5.74) is 2.04. The minimum atomic E-state index is -0.294. The molecular weight excluding hydrogens is 434 g/mol. The SMILES string of the molecule is CNC(=O)c1cnc(Nc2cncc3ccccc23)c(NC(=O)c2csc3ccccc23)c1. The van der Waals surface area contributed by atoms with E-state index < -0.39 is 0 Å². The molecule has 3 heterocycles. The number of nitrogens with zero attached hydrogens (tertiary/aromatic N) is 2. The molecule has 0 unspecified atom stereocenters. The van der Waals surface area contributed by atoms with Crippen LogP contribution in [0.4, 0.5) is 17.2 Å². The highest BCUT2D eigenvalue weighted by Gasteiger charge is 2.17. The van der Waals surface area contributed by atoms with Crippen molar-refractivity contribution in [3.63, 3.8) is 0 Å². The maximum Gasteiger partial charge on any atom is 0.257 e. The fourth-order valence-corrected chi connectivity index (χ4v) is 4.56. The molecule has 2 amide bonds. The lowest BCUT2D eigenvalue weighted by Crippen LogP contribution is -2.19. The van der Waals surface area contributed by atoms with E-state index in [1.165, 1.54) is 17.5 Å². The molecule has 0 atom stereocenters. The zero-order chi connectivity index (χ0) is 22.8. The third-order valence-corrected chi connectivity index (χ3v) is 6.24. The Morgan fingerprint density at radius 2 is 1.67 bits per heavy atom. The van der Waals surface area contributed by atoms with Crippen molar-refractivity contribution >= 4 is 61.2 Å². The van der Waals surface area contributed by atoms with Crippen molar-refractivity contribution in [2.45, 2.75) is 0 Å². The fourth-order valence-electron chi connectivity index (χ4n) is 3.62. The molecular formula is C25H19N5O2S. The second-order valence-electron chi connectivity index (χ2n) is 7.33. The normalized spacial score (nSPS) is 10.8. The first-order chi connectivity index (χ1) is 16.1. The molecule has 162 valence electrons.